The van der Waals surface area contributed by atoms with Crippen LogP contribution in [0, 0.1) is 0 Å². The van der Waals surface area contributed by atoms with E-state index in [1.54, 1.807) is 30.3 Å². The Morgan fingerprint density at radius 1 is 1.29 bits per heavy atom. The zero-order chi connectivity index (χ0) is 10.2. The molecular formula is C9H9NO3S. The zero-order valence-corrected chi connectivity index (χ0v) is 8.36. The number of hydrogen-bond acceptors (Lipinski definition) is 3. The van der Waals surface area contributed by atoms with Crippen molar-refractivity contribution in [3.05, 3.63) is 36.0 Å². The fourth-order valence-electron chi connectivity index (χ4n) is 1.33. The van der Waals surface area contributed by atoms with Gasteiger partial charge in [0.1, 0.15) is 0 Å². The molecule has 1 aromatic rings. The number of benzene rings is 1. The Hall–Kier alpha value is -1.33. The van der Waals surface area contributed by atoms with Gasteiger partial charge in [0.25, 0.3) is 10.0 Å². The highest BCUT2D eigenvalue weighted by Gasteiger charge is 2.26. The first kappa shape index (κ1) is 9.23. The molecule has 0 radical (unpaired) electrons. The van der Waals surface area contributed by atoms with Crippen LogP contribution < -0.4 is 0 Å². The molecule has 0 bridgehead atoms. The summed E-state index contributed by atoms with van der Waals surface area (Å²) in [4.78, 5) is 4.99. The second-order valence-electron chi connectivity index (χ2n) is 2.80. The van der Waals surface area contributed by atoms with Gasteiger partial charge in [-0.05, 0) is 17.7 Å². The fourth-order valence-corrected chi connectivity index (χ4v) is 2.63. The van der Waals surface area contributed by atoms with Gasteiger partial charge < -0.3 is 0 Å². The van der Waals surface area contributed by atoms with E-state index in [9.17, 15) is 8.42 Å². The molecule has 0 N–H and O–H groups in total. The molecule has 1 aliphatic heterocycles. The molecule has 1 aliphatic rings. The summed E-state index contributed by atoms with van der Waals surface area (Å²) in [6.45, 7) is 0. The molecule has 74 valence electrons. The Morgan fingerprint density at radius 3 is 2.71 bits per heavy atom. The van der Waals surface area contributed by atoms with Crippen molar-refractivity contribution in [2.75, 3.05) is 7.11 Å². The monoisotopic (exact) mass is 211 g/mol. The first-order valence-electron chi connectivity index (χ1n) is 4.02. The van der Waals surface area contributed by atoms with Crippen LogP contribution in [0.1, 0.15) is 5.56 Å². The van der Waals surface area contributed by atoms with Crippen molar-refractivity contribution >= 4 is 16.1 Å². The van der Waals surface area contributed by atoms with Gasteiger partial charge in [0.2, 0.25) is 0 Å². The van der Waals surface area contributed by atoms with Gasteiger partial charge in [-0.1, -0.05) is 18.2 Å². The summed E-state index contributed by atoms with van der Waals surface area (Å²) in [5.74, 6) is 0. The average Bonchev–Trinajstić information content (AvgIpc) is 2.18. The Balaban J connectivity index is 2.66. The summed E-state index contributed by atoms with van der Waals surface area (Å²) >= 11 is 0. The molecule has 14 heavy (non-hydrogen) atoms. The van der Waals surface area contributed by atoms with Crippen LogP contribution in [-0.4, -0.2) is 20.0 Å². The molecule has 0 spiro atoms. The summed E-state index contributed by atoms with van der Waals surface area (Å²) in [6, 6.07) is 6.78. The summed E-state index contributed by atoms with van der Waals surface area (Å²) in [5.41, 5.74) is 0.681. The van der Waals surface area contributed by atoms with E-state index in [-0.39, 0.29) is 4.90 Å². The lowest BCUT2D eigenvalue weighted by atomic mass is 10.2. The largest absolute Gasteiger partial charge is 0.286 e. The molecular weight excluding hydrogens is 202 g/mol. The summed E-state index contributed by atoms with van der Waals surface area (Å²) in [7, 11) is -2.19. The molecule has 5 heteroatoms. The van der Waals surface area contributed by atoms with Crippen LogP contribution in [0.5, 0.6) is 0 Å². The topological polar surface area (TPSA) is 46.6 Å². The van der Waals surface area contributed by atoms with E-state index in [4.69, 9.17) is 4.84 Å². The second kappa shape index (κ2) is 3.11. The molecule has 0 atom stereocenters. The van der Waals surface area contributed by atoms with E-state index in [0.717, 1.165) is 4.47 Å². The van der Waals surface area contributed by atoms with Crippen molar-refractivity contribution in [1.29, 1.82) is 0 Å². The molecule has 0 saturated heterocycles. The molecule has 1 aromatic carbocycles. The Bertz CT molecular complexity index is 479. The van der Waals surface area contributed by atoms with Crippen LogP contribution in [0.15, 0.2) is 35.4 Å². The lowest BCUT2D eigenvalue weighted by Gasteiger charge is -2.21. The van der Waals surface area contributed by atoms with Crippen molar-refractivity contribution in [3.8, 4) is 0 Å². The normalized spacial score (nSPS) is 17.9. The smallest absolute Gasteiger partial charge is 0.262 e. The highest BCUT2D eigenvalue weighted by molar-refractivity contribution is 7.89. The van der Waals surface area contributed by atoms with Gasteiger partial charge in [-0.2, -0.15) is 8.42 Å². The van der Waals surface area contributed by atoms with Crippen LogP contribution in [0.2, 0.25) is 0 Å². The molecule has 4 nitrogen and oxygen atoms in total. The standard InChI is InChI=1S/C9H9NO3S/c1-13-10-7-6-8-4-2-3-5-9(8)14(10,11)12/h2-7H,1H3. The third-order valence-electron chi connectivity index (χ3n) is 1.99. The lowest BCUT2D eigenvalue weighted by molar-refractivity contribution is -0.00581. The predicted molar refractivity (Wildman–Crippen MR) is 51.5 cm³/mol. The maximum absolute atomic E-state index is 11.8. The first-order valence-corrected chi connectivity index (χ1v) is 5.46. The van der Waals surface area contributed by atoms with Crippen LogP contribution >= 0.6 is 0 Å². The molecule has 2 rings (SSSR count). The predicted octanol–water partition coefficient (Wildman–Crippen LogP) is 1.22. The van der Waals surface area contributed by atoms with E-state index in [0.29, 0.717) is 5.56 Å². The summed E-state index contributed by atoms with van der Waals surface area (Å²) in [6.07, 6.45) is 3.08. The van der Waals surface area contributed by atoms with Gasteiger partial charge in [-0.25, -0.2) is 0 Å². The molecule has 0 fully saturated rings. The Labute approximate surface area is 82.4 Å². The number of rotatable bonds is 1. The van der Waals surface area contributed by atoms with Crippen LogP contribution in [-0.2, 0) is 14.9 Å². The number of nitrogens with zero attached hydrogens (tertiary/aromatic N) is 1. The Kier molecular flexibility index (Phi) is 2.05. The third kappa shape index (κ3) is 1.21. The number of hydroxylamine groups is 1. The quantitative estimate of drug-likeness (QED) is 0.701. The summed E-state index contributed by atoms with van der Waals surface area (Å²) in [5, 5.41) is 0. The van der Waals surface area contributed by atoms with Gasteiger partial charge in [-0.3, -0.25) is 4.84 Å². The summed E-state index contributed by atoms with van der Waals surface area (Å²) < 4.78 is 24.4. The maximum Gasteiger partial charge on any atom is 0.286 e. The maximum atomic E-state index is 11.8. The van der Waals surface area contributed by atoms with Crippen molar-refractivity contribution < 1.29 is 13.3 Å². The lowest BCUT2D eigenvalue weighted by Crippen LogP contribution is -2.27. The molecule has 0 aromatic heterocycles. The van der Waals surface area contributed by atoms with E-state index in [1.165, 1.54) is 13.3 Å². The molecule has 0 amide bonds. The fraction of sp³-hybridized carbons (Fsp3) is 0.111. The first-order chi connectivity index (χ1) is 6.66. The van der Waals surface area contributed by atoms with Crippen molar-refractivity contribution in [2.45, 2.75) is 4.90 Å². The van der Waals surface area contributed by atoms with E-state index in [2.05, 4.69) is 0 Å². The number of hydrogen-bond donors (Lipinski definition) is 0. The van der Waals surface area contributed by atoms with Crippen molar-refractivity contribution in [1.82, 2.24) is 4.47 Å². The molecule has 0 saturated carbocycles. The minimum absolute atomic E-state index is 0.268. The SMILES string of the molecule is CON1C=Cc2ccccc2S1(=O)=O. The van der Waals surface area contributed by atoms with Crippen LogP contribution in [0.3, 0.4) is 0 Å². The van der Waals surface area contributed by atoms with Gasteiger partial charge >= 0.3 is 0 Å². The average molecular weight is 211 g/mol. The number of fused-ring (bicyclic) bond motifs is 1. The van der Waals surface area contributed by atoms with Gasteiger partial charge in [0.05, 0.1) is 12.0 Å². The van der Waals surface area contributed by atoms with Gasteiger partial charge in [0.15, 0.2) is 0 Å². The third-order valence-corrected chi connectivity index (χ3v) is 3.66. The van der Waals surface area contributed by atoms with E-state index < -0.39 is 10.0 Å². The Morgan fingerprint density at radius 2 is 2.00 bits per heavy atom. The van der Waals surface area contributed by atoms with Crippen molar-refractivity contribution in [3.63, 3.8) is 0 Å². The van der Waals surface area contributed by atoms with E-state index in [1.807, 2.05) is 0 Å². The number of sulfonamides is 1. The highest BCUT2D eigenvalue weighted by atomic mass is 32.2. The van der Waals surface area contributed by atoms with Gasteiger partial charge in [-0.15, -0.1) is 4.47 Å². The second-order valence-corrected chi connectivity index (χ2v) is 4.55. The molecule has 0 aliphatic carbocycles. The minimum Gasteiger partial charge on any atom is -0.262 e. The zero-order valence-electron chi connectivity index (χ0n) is 7.54. The van der Waals surface area contributed by atoms with Crippen molar-refractivity contribution in [2.24, 2.45) is 0 Å². The van der Waals surface area contributed by atoms with E-state index >= 15 is 0 Å². The van der Waals surface area contributed by atoms with Gasteiger partial charge in [0, 0.05) is 6.20 Å². The molecule has 1 heterocycles. The highest BCUT2D eigenvalue weighted by Crippen LogP contribution is 2.26. The molecule has 0 unspecified atom stereocenters. The van der Waals surface area contributed by atoms with Crippen LogP contribution in [0.4, 0.5) is 0 Å². The minimum atomic E-state index is -3.51. The van der Waals surface area contributed by atoms with Crippen LogP contribution in [0.25, 0.3) is 6.08 Å².